The number of carbonyl (C=O) groups excluding carboxylic acids is 1. The van der Waals surface area contributed by atoms with Gasteiger partial charge in [-0.3, -0.25) is 4.79 Å². The van der Waals surface area contributed by atoms with Crippen LogP contribution in [0.5, 0.6) is 0 Å². The average Bonchev–Trinajstić information content (AvgIpc) is 2.92. The van der Waals surface area contributed by atoms with Crippen molar-refractivity contribution in [3.63, 3.8) is 0 Å². The second-order valence-electron chi connectivity index (χ2n) is 5.41. The van der Waals surface area contributed by atoms with Gasteiger partial charge in [-0.15, -0.1) is 11.8 Å². The van der Waals surface area contributed by atoms with Crippen LogP contribution in [0.25, 0.3) is 0 Å². The summed E-state index contributed by atoms with van der Waals surface area (Å²) in [5.74, 6) is -0.264. The molecule has 1 amide bonds. The van der Waals surface area contributed by atoms with Crippen LogP contribution in [0, 0.1) is 0 Å². The molecule has 7 heteroatoms. The molecule has 3 rings (SSSR count). The summed E-state index contributed by atoms with van der Waals surface area (Å²) < 4.78 is 22.1. The maximum atomic E-state index is 12.3. The van der Waals surface area contributed by atoms with Crippen LogP contribution in [-0.2, 0) is 27.0 Å². The maximum absolute atomic E-state index is 12.3. The SMILES string of the molecule is NS(=O)(=O)Cc1ccc(NC(=O)C2Cc3ccccc3S2)cc1. The standard InChI is InChI=1S/C16H16N2O3S2/c17-23(20,21)10-11-5-7-13(8-6-11)18-16(19)15-9-12-3-1-2-4-14(12)22-15/h1-8,15H,9-10H2,(H,18,19)(H2,17,20,21). The van der Waals surface area contributed by atoms with Gasteiger partial charge in [0.05, 0.1) is 11.0 Å². The molecule has 0 aliphatic carbocycles. The van der Waals surface area contributed by atoms with Crippen molar-refractivity contribution in [2.75, 3.05) is 5.32 Å². The Kier molecular flexibility index (Phi) is 4.43. The van der Waals surface area contributed by atoms with Crippen LogP contribution >= 0.6 is 11.8 Å². The van der Waals surface area contributed by atoms with E-state index in [0.717, 1.165) is 11.3 Å². The number of hydrogen-bond donors (Lipinski definition) is 2. The van der Waals surface area contributed by atoms with Gasteiger partial charge >= 0.3 is 0 Å². The first-order valence-corrected chi connectivity index (χ1v) is 9.65. The lowest BCUT2D eigenvalue weighted by Crippen LogP contribution is -2.24. The van der Waals surface area contributed by atoms with Crippen molar-refractivity contribution in [1.29, 1.82) is 0 Å². The van der Waals surface area contributed by atoms with Gasteiger partial charge in [-0.1, -0.05) is 30.3 Å². The number of benzene rings is 2. The summed E-state index contributed by atoms with van der Waals surface area (Å²) in [6.45, 7) is 0. The van der Waals surface area contributed by atoms with Crippen LogP contribution in [0.3, 0.4) is 0 Å². The van der Waals surface area contributed by atoms with Crippen molar-refractivity contribution in [2.24, 2.45) is 5.14 Å². The first kappa shape index (κ1) is 16.0. The summed E-state index contributed by atoms with van der Waals surface area (Å²) in [4.78, 5) is 13.5. The summed E-state index contributed by atoms with van der Waals surface area (Å²) in [7, 11) is -3.55. The lowest BCUT2D eigenvalue weighted by molar-refractivity contribution is -0.115. The third-order valence-corrected chi connectivity index (χ3v) is 5.58. The largest absolute Gasteiger partial charge is 0.325 e. The third kappa shape index (κ3) is 4.13. The minimum atomic E-state index is -3.55. The summed E-state index contributed by atoms with van der Waals surface area (Å²) in [6, 6.07) is 14.7. The van der Waals surface area contributed by atoms with Gasteiger partial charge in [0.15, 0.2) is 0 Å². The highest BCUT2D eigenvalue weighted by Gasteiger charge is 2.27. The Labute approximate surface area is 139 Å². The number of anilines is 1. The van der Waals surface area contributed by atoms with E-state index in [1.54, 1.807) is 36.0 Å². The normalized spacial score (nSPS) is 16.8. The molecule has 1 heterocycles. The quantitative estimate of drug-likeness (QED) is 0.886. The van der Waals surface area contributed by atoms with Crippen molar-refractivity contribution >= 4 is 33.4 Å². The number of carbonyl (C=O) groups is 1. The molecule has 23 heavy (non-hydrogen) atoms. The molecule has 0 saturated carbocycles. The molecule has 2 aromatic rings. The monoisotopic (exact) mass is 348 g/mol. The Balaban J connectivity index is 1.63. The molecule has 0 spiro atoms. The minimum absolute atomic E-state index is 0.0506. The molecule has 0 aromatic heterocycles. The van der Waals surface area contributed by atoms with Gasteiger partial charge in [-0.25, -0.2) is 13.6 Å². The van der Waals surface area contributed by atoms with Crippen LogP contribution < -0.4 is 10.5 Å². The first-order valence-electron chi connectivity index (χ1n) is 7.05. The number of fused-ring (bicyclic) bond motifs is 1. The van der Waals surface area contributed by atoms with Crippen molar-refractivity contribution < 1.29 is 13.2 Å². The lowest BCUT2D eigenvalue weighted by atomic mass is 10.1. The van der Waals surface area contributed by atoms with E-state index in [2.05, 4.69) is 5.32 Å². The Morgan fingerprint density at radius 3 is 2.52 bits per heavy atom. The number of primary sulfonamides is 1. The Morgan fingerprint density at radius 2 is 1.87 bits per heavy atom. The molecule has 120 valence electrons. The van der Waals surface area contributed by atoms with Gasteiger partial charge in [-0.05, 0) is 35.7 Å². The summed E-state index contributed by atoms with van der Waals surface area (Å²) in [5.41, 5.74) is 2.43. The van der Waals surface area contributed by atoms with Gasteiger partial charge in [-0.2, -0.15) is 0 Å². The maximum Gasteiger partial charge on any atom is 0.238 e. The van der Waals surface area contributed by atoms with E-state index in [-0.39, 0.29) is 16.9 Å². The minimum Gasteiger partial charge on any atom is -0.325 e. The van der Waals surface area contributed by atoms with E-state index in [9.17, 15) is 13.2 Å². The second kappa shape index (κ2) is 6.35. The fraction of sp³-hybridized carbons (Fsp3) is 0.188. The molecule has 1 aliphatic rings. The van der Waals surface area contributed by atoms with Crippen LogP contribution in [0.4, 0.5) is 5.69 Å². The number of rotatable bonds is 4. The van der Waals surface area contributed by atoms with Gasteiger partial charge in [0.2, 0.25) is 15.9 Å². The van der Waals surface area contributed by atoms with Crippen LogP contribution in [0.2, 0.25) is 0 Å². The fourth-order valence-corrected chi connectivity index (χ4v) is 4.32. The molecule has 1 atom stereocenters. The zero-order chi connectivity index (χ0) is 16.4. The molecule has 0 bridgehead atoms. The summed E-state index contributed by atoms with van der Waals surface area (Å²) in [6.07, 6.45) is 0.718. The molecule has 0 saturated heterocycles. The summed E-state index contributed by atoms with van der Waals surface area (Å²) >= 11 is 1.57. The van der Waals surface area contributed by atoms with E-state index in [0.29, 0.717) is 11.3 Å². The number of amides is 1. The van der Waals surface area contributed by atoms with E-state index in [4.69, 9.17) is 5.14 Å². The molecule has 1 unspecified atom stereocenters. The van der Waals surface area contributed by atoms with Crippen molar-refractivity contribution in [3.05, 3.63) is 59.7 Å². The zero-order valence-electron chi connectivity index (χ0n) is 12.2. The topological polar surface area (TPSA) is 89.3 Å². The fourth-order valence-electron chi connectivity index (χ4n) is 2.47. The van der Waals surface area contributed by atoms with Gasteiger partial charge in [0.1, 0.15) is 0 Å². The third-order valence-electron chi connectivity index (χ3n) is 3.53. The predicted octanol–water partition coefficient (Wildman–Crippen LogP) is 2.13. The van der Waals surface area contributed by atoms with Crippen LogP contribution in [0.15, 0.2) is 53.4 Å². The smallest absolute Gasteiger partial charge is 0.238 e. The average molecular weight is 348 g/mol. The molecule has 1 aliphatic heterocycles. The Morgan fingerprint density at radius 1 is 1.17 bits per heavy atom. The van der Waals surface area contributed by atoms with E-state index in [1.165, 1.54) is 5.56 Å². The van der Waals surface area contributed by atoms with Gasteiger partial charge in [0, 0.05) is 10.6 Å². The van der Waals surface area contributed by atoms with E-state index in [1.807, 2.05) is 24.3 Å². The molecule has 5 nitrogen and oxygen atoms in total. The van der Waals surface area contributed by atoms with Crippen molar-refractivity contribution in [1.82, 2.24) is 0 Å². The zero-order valence-corrected chi connectivity index (χ0v) is 13.9. The molecule has 3 N–H and O–H groups in total. The highest BCUT2D eigenvalue weighted by atomic mass is 32.2. The predicted molar refractivity (Wildman–Crippen MR) is 91.7 cm³/mol. The highest BCUT2D eigenvalue weighted by molar-refractivity contribution is 8.01. The summed E-state index contributed by atoms with van der Waals surface area (Å²) in [5, 5.41) is 7.74. The van der Waals surface area contributed by atoms with Gasteiger partial charge in [0.25, 0.3) is 0 Å². The number of sulfonamides is 1. The van der Waals surface area contributed by atoms with Crippen LogP contribution in [0.1, 0.15) is 11.1 Å². The number of nitrogens with two attached hydrogens (primary N) is 1. The van der Waals surface area contributed by atoms with Gasteiger partial charge < -0.3 is 5.32 Å². The van der Waals surface area contributed by atoms with E-state index < -0.39 is 10.0 Å². The van der Waals surface area contributed by atoms with Crippen molar-refractivity contribution in [3.8, 4) is 0 Å². The Bertz CT molecular complexity index is 808. The Hall–Kier alpha value is -1.83. The number of thioether (sulfide) groups is 1. The molecular weight excluding hydrogens is 332 g/mol. The molecule has 2 aromatic carbocycles. The highest BCUT2D eigenvalue weighted by Crippen LogP contribution is 2.37. The molecule has 0 radical (unpaired) electrons. The lowest BCUT2D eigenvalue weighted by Gasteiger charge is -2.10. The molecule has 0 fully saturated rings. The number of hydrogen-bond acceptors (Lipinski definition) is 4. The number of nitrogens with one attached hydrogen (secondary N) is 1. The van der Waals surface area contributed by atoms with Crippen LogP contribution in [-0.4, -0.2) is 19.6 Å². The van der Waals surface area contributed by atoms with Crippen molar-refractivity contribution in [2.45, 2.75) is 22.3 Å². The molecular formula is C16H16N2O3S2. The second-order valence-corrected chi connectivity index (χ2v) is 8.27. The first-order chi connectivity index (χ1) is 10.9. The van der Waals surface area contributed by atoms with E-state index >= 15 is 0 Å².